The minimum Gasteiger partial charge on any atom is -0.477 e. The average Bonchev–Trinajstić information content (AvgIpc) is 2.60. The summed E-state index contributed by atoms with van der Waals surface area (Å²) in [5, 5.41) is 12.6. The lowest BCUT2D eigenvalue weighted by atomic mass is 10.0. The van der Waals surface area contributed by atoms with E-state index in [4.69, 9.17) is 9.63 Å². The van der Waals surface area contributed by atoms with E-state index in [1.807, 2.05) is 0 Å². The van der Waals surface area contributed by atoms with Gasteiger partial charge < -0.3 is 9.63 Å². The van der Waals surface area contributed by atoms with Gasteiger partial charge in [-0.05, 0) is 31.5 Å². The number of carbonyl (C=O) groups is 1. The minimum atomic E-state index is -1.18. The van der Waals surface area contributed by atoms with Crippen molar-refractivity contribution in [1.29, 1.82) is 0 Å². The highest BCUT2D eigenvalue weighted by Gasteiger charge is 2.22. The third-order valence-corrected chi connectivity index (χ3v) is 2.46. The van der Waals surface area contributed by atoms with Gasteiger partial charge in [0.2, 0.25) is 0 Å². The van der Waals surface area contributed by atoms with Crippen molar-refractivity contribution >= 4 is 5.97 Å². The molecule has 0 saturated heterocycles. The van der Waals surface area contributed by atoms with Crippen LogP contribution in [-0.4, -0.2) is 16.2 Å². The average molecular weight is 235 g/mol. The molecule has 2 aromatic rings. The van der Waals surface area contributed by atoms with Crippen molar-refractivity contribution in [3.63, 3.8) is 0 Å². The molecule has 4 nitrogen and oxygen atoms in total. The molecule has 1 heterocycles. The molecule has 0 aliphatic carbocycles. The summed E-state index contributed by atoms with van der Waals surface area (Å²) in [4.78, 5) is 11.0. The van der Waals surface area contributed by atoms with Gasteiger partial charge in [-0.3, -0.25) is 0 Å². The van der Waals surface area contributed by atoms with Gasteiger partial charge in [-0.1, -0.05) is 11.2 Å². The Morgan fingerprint density at radius 1 is 1.41 bits per heavy atom. The van der Waals surface area contributed by atoms with Crippen LogP contribution < -0.4 is 0 Å². The van der Waals surface area contributed by atoms with E-state index in [2.05, 4.69) is 5.16 Å². The van der Waals surface area contributed by atoms with Crippen LogP contribution >= 0.6 is 0 Å². The molecule has 0 radical (unpaired) electrons. The molecule has 0 atom stereocenters. The molecule has 0 amide bonds. The van der Waals surface area contributed by atoms with Crippen molar-refractivity contribution in [2.45, 2.75) is 13.8 Å². The first-order chi connectivity index (χ1) is 8.00. The third-order valence-electron chi connectivity index (χ3n) is 2.46. The van der Waals surface area contributed by atoms with Gasteiger partial charge in [0.05, 0.1) is 0 Å². The monoisotopic (exact) mass is 235 g/mol. The van der Waals surface area contributed by atoms with Gasteiger partial charge in [0.15, 0.2) is 0 Å². The molecule has 88 valence electrons. The number of aromatic carboxylic acids is 1. The fourth-order valence-corrected chi connectivity index (χ4v) is 1.62. The van der Waals surface area contributed by atoms with Gasteiger partial charge in [0.25, 0.3) is 0 Å². The van der Waals surface area contributed by atoms with Gasteiger partial charge in [-0.15, -0.1) is 0 Å². The van der Waals surface area contributed by atoms with Crippen LogP contribution in [0.3, 0.4) is 0 Å². The molecule has 0 bridgehead atoms. The Hall–Kier alpha value is -2.17. The Balaban J connectivity index is 2.65. The Morgan fingerprint density at radius 2 is 2.12 bits per heavy atom. The first-order valence-corrected chi connectivity index (χ1v) is 4.97. The van der Waals surface area contributed by atoms with Gasteiger partial charge >= 0.3 is 5.97 Å². The van der Waals surface area contributed by atoms with Gasteiger partial charge in [-0.2, -0.15) is 0 Å². The van der Waals surface area contributed by atoms with E-state index in [-0.39, 0.29) is 22.6 Å². The lowest BCUT2D eigenvalue weighted by molar-refractivity contribution is 0.0696. The van der Waals surface area contributed by atoms with Gasteiger partial charge in [0, 0.05) is 5.56 Å². The molecule has 0 spiro atoms. The minimum absolute atomic E-state index is 0.0208. The van der Waals surface area contributed by atoms with E-state index < -0.39 is 11.8 Å². The second kappa shape index (κ2) is 4.01. The van der Waals surface area contributed by atoms with Crippen LogP contribution in [0.5, 0.6) is 0 Å². The molecule has 17 heavy (non-hydrogen) atoms. The highest BCUT2D eigenvalue weighted by molar-refractivity contribution is 5.95. The number of benzene rings is 1. The first kappa shape index (κ1) is 11.3. The standard InChI is InChI=1S/C12H10FNO3/c1-6-3-4-8(9(13)5-6)11-10(12(15)16)7(2)17-14-11/h3-5H,1-2H3,(H,15,16). The number of halogens is 1. The number of nitrogens with zero attached hydrogens (tertiary/aromatic N) is 1. The van der Waals surface area contributed by atoms with Crippen LogP contribution in [0, 0.1) is 19.7 Å². The fraction of sp³-hybridized carbons (Fsp3) is 0.167. The molecule has 0 aliphatic heterocycles. The van der Waals surface area contributed by atoms with Crippen molar-refractivity contribution in [2.75, 3.05) is 0 Å². The number of hydrogen-bond acceptors (Lipinski definition) is 3. The van der Waals surface area contributed by atoms with E-state index in [1.54, 1.807) is 13.0 Å². The summed E-state index contributed by atoms with van der Waals surface area (Å²) in [6.07, 6.45) is 0. The quantitative estimate of drug-likeness (QED) is 0.869. The summed E-state index contributed by atoms with van der Waals surface area (Å²) < 4.78 is 18.5. The van der Waals surface area contributed by atoms with Crippen molar-refractivity contribution < 1.29 is 18.8 Å². The maximum Gasteiger partial charge on any atom is 0.341 e. The predicted octanol–water partition coefficient (Wildman–Crippen LogP) is 2.80. The number of carboxylic acid groups (broad SMARTS) is 1. The largest absolute Gasteiger partial charge is 0.477 e. The summed E-state index contributed by atoms with van der Waals surface area (Å²) in [5.74, 6) is -1.54. The summed E-state index contributed by atoms with van der Waals surface area (Å²) in [5.41, 5.74) is 0.799. The second-order valence-electron chi connectivity index (χ2n) is 3.75. The topological polar surface area (TPSA) is 63.3 Å². The molecule has 0 aliphatic rings. The smallest absolute Gasteiger partial charge is 0.341 e. The molecular formula is C12H10FNO3. The number of aromatic nitrogens is 1. The highest BCUT2D eigenvalue weighted by Crippen LogP contribution is 2.27. The predicted molar refractivity (Wildman–Crippen MR) is 58.3 cm³/mol. The van der Waals surface area contributed by atoms with Gasteiger partial charge in [-0.25, -0.2) is 9.18 Å². The fourth-order valence-electron chi connectivity index (χ4n) is 1.62. The maximum absolute atomic E-state index is 13.7. The van der Waals surface area contributed by atoms with Crippen molar-refractivity contribution in [1.82, 2.24) is 5.16 Å². The number of rotatable bonds is 2. The van der Waals surface area contributed by atoms with E-state index >= 15 is 0 Å². The molecule has 0 fully saturated rings. The number of carboxylic acids is 1. The van der Waals surface area contributed by atoms with Gasteiger partial charge in [0.1, 0.15) is 22.8 Å². The number of hydrogen-bond donors (Lipinski definition) is 1. The summed E-state index contributed by atoms with van der Waals surface area (Å²) in [6, 6.07) is 4.51. The second-order valence-corrected chi connectivity index (χ2v) is 3.75. The lowest BCUT2D eigenvalue weighted by Gasteiger charge is -2.01. The Kier molecular flexibility index (Phi) is 2.67. The molecule has 2 rings (SSSR count). The van der Waals surface area contributed by atoms with Crippen LogP contribution in [0.2, 0.25) is 0 Å². The maximum atomic E-state index is 13.7. The molecule has 1 N–H and O–H groups in total. The lowest BCUT2D eigenvalue weighted by Crippen LogP contribution is -2.00. The Morgan fingerprint density at radius 3 is 2.71 bits per heavy atom. The van der Waals surface area contributed by atoms with E-state index in [0.29, 0.717) is 0 Å². The molecule has 1 aromatic heterocycles. The molecule has 5 heteroatoms. The van der Waals surface area contributed by atoms with E-state index in [0.717, 1.165) is 5.56 Å². The van der Waals surface area contributed by atoms with Crippen LogP contribution in [0.25, 0.3) is 11.3 Å². The zero-order valence-corrected chi connectivity index (χ0v) is 9.32. The normalized spacial score (nSPS) is 10.5. The Labute approximate surface area is 96.7 Å². The number of aryl methyl sites for hydroxylation is 2. The van der Waals surface area contributed by atoms with Crippen LogP contribution in [0.4, 0.5) is 4.39 Å². The van der Waals surface area contributed by atoms with Crippen molar-refractivity contribution in [2.24, 2.45) is 0 Å². The van der Waals surface area contributed by atoms with E-state index in [9.17, 15) is 9.18 Å². The molecule has 0 saturated carbocycles. The zero-order chi connectivity index (χ0) is 12.6. The Bertz CT molecular complexity index is 589. The summed E-state index contributed by atoms with van der Waals surface area (Å²) in [7, 11) is 0. The summed E-state index contributed by atoms with van der Waals surface area (Å²) >= 11 is 0. The molecule has 0 unspecified atom stereocenters. The van der Waals surface area contributed by atoms with Crippen LogP contribution in [0.1, 0.15) is 21.7 Å². The SMILES string of the molecule is Cc1ccc(-c2noc(C)c2C(=O)O)c(F)c1. The van der Waals surface area contributed by atoms with E-state index in [1.165, 1.54) is 19.1 Å². The van der Waals surface area contributed by atoms with Crippen LogP contribution in [-0.2, 0) is 0 Å². The summed E-state index contributed by atoms with van der Waals surface area (Å²) in [6.45, 7) is 3.23. The molecular weight excluding hydrogens is 225 g/mol. The third kappa shape index (κ3) is 1.91. The van der Waals surface area contributed by atoms with Crippen molar-refractivity contribution in [3.05, 3.63) is 40.9 Å². The van der Waals surface area contributed by atoms with Crippen LogP contribution in [0.15, 0.2) is 22.7 Å². The first-order valence-electron chi connectivity index (χ1n) is 4.97. The zero-order valence-electron chi connectivity index (χ0n) is 9.32. The van der Waals surface area contributed by atoms with Crippen molar-refractivity contribution in [3.8, 4) is 11.3 Å². The molecule has 1 aromatic carbocycles. The highest BCUT2D eigenvalue weighted by atomic mass is 19.1.